The Morgan fingerprint density at radius 3 is 2.59 bits per heavy atom. The van der Waals surface area contributed by atoms with Crippen LogP contribution in [0, 0.1) is 17.8 Å². The first-order valence-corrected chi connectivity index (χ1v) is 15.7. The highest BCUT2D eigenvalue weighted by Gasteiger charge is 2.25. The molecule has 3 aromatic rings. The van der Waals surface area contributed by atoms with Crippen molar-refractivity contribution in [3.8, 4) is 0 Å². The Bertz CT molecular complexity index is 1210. The molecule has 7 heteroatoms. The van der Waals surface area contributed by atoms with Crippen molar-refractivity contribution < 1.29 is 14.3 Å². The normalized spacial score (nSPS) is 15.3. The van der Waals surface area contributed by atoms with Gasteiger partial charge in [0, 0.05) is 55.0 Å². The second-order valence-electron chi connectivity index (χ2n) is 11.4. The summed E-state index contributed by atoms with van der Waals surface area (Å²) < 4.78 is 7.82. The number of hydrogen-bond acceptors (Lipinski definition) is 5. The Balaban J connectivity index is 1.49. The SMILES string of the molecule is CCC(CC)n1c(Cc2cccs2)nc2cc(C(=O)C[C@@H](CC(C)C)C(=O)NCCC3CCOCC3)ccc21. The zero-order chi connectivity index (χ0) is 27.8. The van der Waals surface area contributed by atoms with Gasteiger partial charge in [-0.1, -0.05) is 33.8 Å². The van der Waals surface area contributed by atoms with Crippen molar-refractivity contribution in [1.82, 2.24) is 14.9 Å². The molecular weight excluding hydrogens is 506 g/mol. The fourth-order valence-corrected chi connectivity index (χ4v) is 6.55. The lowest BCUT2D eigenvalue weighted by molar-refractivity contribution is -0.125. The molecule has 1 N–H and O–H groups in total. The van der Waals surface area contributed by atoms with Gasteiger partial charge < -0.3 is 14.6 Å². The van der Waals surface area contributed by atoms with Crippen molar-refractivity contribution in [2.24, 2.45) is 17.8 Å². The number of thiophene rings is 1. The average Bonchev–Trinajstić information content (AvgIpc) is 3.57. The van der Waals surface area contributed by atoms with Gasteiger partial charge in [-0.3, -0.25) is 9.59 Å². The molecule has 1 aromatic carbocycles. The summed E-state index contributed by atoms with van der Waals surface area (Å²) in [5.41, 5.74) is 2.58. The summed E-state index contributed by atoms with van der Waals surface area (Å²) in [7, 11) is 0. The van der Waals surface area contributed by atoms with E-state index in [0.29, 0.717) is 36.4 Å². The van der Waals surface area contributed by atoms with Crippen molar-refractivity contribution in [3.63, 3.8) is 0 Å². The zero-order valence-corrected chi connectivity index (χ0v) is 24.9. The molecule has 0 aliphatic carbocycles. The number of Topliss-reactive ketones (excluding diaryl/α,β-unsaturated/α-hetero) is 1. The van der Waals surface area contributed by atoms with E-state index < -0.39 is 0 Å². The summed E-state index contributed by atoms with van der Waals surface area (Å²) in [6.07, 6.45) is 6.87. The van der Waals surface area contributed by atoms with E-state index in [2.05, 4.69) is 61.2 Å². The molecule has 2 aromatic heterocycles. The summed E-state index contributed by atoms with van der Waals surface area (Å²) in [5.74, 6) is 1.69. The number of ketones is 1. The number of benzene rings is 1. The minimum atomic E-state index is -0.320. The van der Waals surface area contributed by atoms with Gasteiger partial charge in [-0.2, -0.15) is 0 Å². The second kappa shape index (κ2) is 14.2. The second-order valence-corrected chi connectivity index (χ2v) is 12.4. The first-order valence-electron chi connectivity index (χ1n) is 14.8. The minimum Gasteiger partial charge on any atom is -0.381 e. The van der Waals surface area contributed by atoms with E-state index in [1.54, 1.807) is 11.3 Å². The van der Waals surface area contributed by atoms with Gasteiger partial charge in [0.15, 0.2) is 5.78 Å². The molecule has 1 amide bonds. The van der Waals surface area contributed by atoms with E-state index >= 15 is 0 Å². The predicted molar refractivity (Wildman–Crippen MR) is 160 cm³/mol. The number of rotatable bonds is 14. The van der Waals surface area contributed by atoms with E-state index in [0.717, 1.165) is 68.6 Å². The van der Waals surface area contributed by atoms with Crippen molar-refractivity contribution in [2.45, 2.75) is 85.1 Å². The van der Waals surface area contributed by atoms with Crippen LogP contribution in [0.25, 0.3) is 11.0 Å². The Morgan fingerprint density at radius 1 is 1.15 bits per heavy atom. The number of carbonyl (C=O) groups excluding carboxylic acids is 2. The van der Waals surface area contributed by atoms with Crippen molar-refractivity contribution in [1.29, 1.82) is 0 Å². The summed E-state index contributed by atoms with van der Waals surface area (Å²) in [6.45, 7) is 11.0. The fraction of sp³-hybridized carbons (Fsp3) is 0.594. The molecule has 3 heterocycles. The van der Waals surface area contributed by atoms with Gasteiger partial charge in [-0.25, -0.2) is 4.98 Å². The summed E-state index contributed by atoms with van der Waals surface area (Å²) in [4.78, 5) is 32.9. The minimum absolute atomic E-state index is 0.00133. The molecule has 1 saturated heterocycles. The van der Waals surface area contributed by atoms with Crippen molar-refractivity contribution in [3.05, 3.63) is 52.0 Å². The summed E-state index contributed by atoms with van der Waals surface area (Å²) >= 11 is 1.75. The molecular formula is C32H45N3O3S. The first kappa shape index (κ1) is 29.5. The number of amides is 1. The molecule has 1 fully saturated rings. The fourth-order valence-electron chi connectivity index (χ4n) is 5.85. The third-order valence-corrected chi connectivity index (χ3v) is 8.93. The number of ether oxygens (including phenoxy) is 1. The highest BCUT2D eigenvalue weighted by Crippen LogP contribution is 2.29. The van der Waals surface area contributed by atoms with E-state index in [-0.39, 0.29) is 24.0 Å². The van der Waals surface area contributed by atoms with Crippen molar-refractivity contribution >= 4 is 34.1 Å². The Hall–Kier alpha value is -2.51. The van der Waals surface area contributed by atoms with Crippen LogP contribution in [-0.2, 0) is 16.0 Å². The van der Waals surface area contributed by atoms with Crippen LogP contribution in [0.3, 0.4) is 0 Å². The molecule has 1 aliphatic rings. The lowest BCUT2D eigenvalue weighted by atomic mass is 9.89. The average molecular weight is 552 g/mol. The maximum absolute atomic E-state index is 13.5. The number of imidazole rings is 1. The molecule has 0 radical (unpaired) electrons. The molecule has 4 rings (SSSR count). The molecule has 39 heavy (non-hydrogen) atoms. The smallest absolute Gasteiger partial charge is 0.223 e. The van der Waals surface area contributed by atoms with E-state index in [1.165, 1.54) is 4.88 Å². The van der Waals surface area contributed by atoms with Crippen LogP contribution in [0.15, 0.2) is 35.7 Å². The van der Waals surface area contributed by atoms with Crippen LogP contribution in [-0.4, -0.2) is 41.0 Å². The molecule has 1 atom stereocenters. The third kappa shape index (κ3) is 7.79. The lowest BCUT2D eigenvalue weighted by Gasteiger charge is -2.23. The van der Waals surface area contributed by atoms with Crippen LogP contribution in [0.5, 0.6) is 0 Å². The van der Waals surface area contributed by atoms with Gasteiger partial charge in [-0.15, -0.1) is 11.3 Å². The third-order valence-electron chi connectivity index (χ3n) is 8.06. The molecule has 0 unspecified atom stereocenters. The van der Waals surface area contributed by atoms with Crippen molar-refractivity contribution in [2.75, 3.05) is 19.8 Å². The van der Waals surface area contributed by atoms with Gasteiger partial charge in [0.1, 0.15) is 5.82 Å². The number of fused-ring (bicyclic) bond motifs is 1. The number of nitrogens with one attached hydrogen (secondary N) is 1. The van der Waals surface area contributed by atoms with Gasteiger partial charge in [0.05, 0.1) is 11.0 Å². The monoisotopic (exact) mass is 551 g/mol. The van der Waals surface area contributed by atoms with Crippen LogP contribution < -0.4 is 5.32 Å². The largest absolute Gasteiger partial charge is 0.381 e. The summed E-state index contributed by atoms with van der Waals surface area (Å²) in [6, 6.07) is 10.5. The molecule has 0 bridgehead atoms. The highest BCUT2D eigenvalue weighted by atomic mass is 32.1. The Kier molecular flexibility index (Phi) is 10.7. The summed E-state index contributed by atoms with van der Waals surface area (Å²) in [5, 5.41) is 5.23. The molecule has 6 nitrogen and oxygen atoms in total. The predicted octanol–water partition coefficient (Wildman–Crippen LogP) is 7.22. The molecule has 0 saturated carbocycles. The standard InChI is InChI=1S/C32H45N3O3S/c1-5-26(6-2)35-29-10-9-24(19-28(29)34-31(35)21-27-8-7-17-39-27)30(36)20-25(18-22(3)4)32(37)33-14-11-23-12-15-38-16-13-23/h7-10,17,19,22-23,25-26H,5-6,11-16,18,20-21H2,1-4H3,(H,33,37)/t25-/m1/s1. The van der Waals surface area contributed by atoms with Crippen LogP contribution in [0.2, 0.25) is 0 Å². The molecule has 1 aliphatic heterocycles. The van der Waals surface area contributed by atoms with Gasteiger partial charge in [0.25, 0.3) is 0 Å². The molecule has 212 valence electrons. The maximum Gasteiger partial charge on any atom is 0.223 e. The Morgan fingerprint density at radius 2 is 1.92 bits per heavy atom. The highest BCUT2D eigenvalue weighted by molar-refractivity contribution is 7.09. The van der Waals surface area contributed by atoms with Gasteiger partial charge >= 0.3 is 0 Å². The van der Waals surface area contributed by atoms with Gasteiger partial charge in [-0.05, 0) is 80.0 Å². The van der Waals surface area contributed by atoms with Crippen LogP contribution in [0.4, 0.5) is 0 Å². The number of aromatic nitrogens is 2. The van der Waals surface area contributed by atoms with Crippen LogP contribution >= 0.6 is 11.3 Å². The molecule has 0 spiro atoms. The Labute approximate surface area is 237 Å². The lowest BCUT2D eigenvalue weighted by Crippen LogP contribution is -2.34. The van der Waals surface area contributed by atoms with E-state index in [9.17, 15) is 9.59 Å². The first-order chi connectivity index (χ1) is 18.9. The maximum atomic E-state index is 13.5. The quantitative estimate of drug-likeness (QED) is 0.215. The van der Waals surface area contributed by atoms with Crippen LogP contribution in [0.1, 0.15) is 99.7 Å². The number of nitrogens with zero attached hydrogens (tertiary/aromatic N) is 2. The van der Waals surface area contributed by atoms with E-state index in [1.807, 2.05) is 12.1 Å². The van der Waals surface area contributed by atoms with Gasteiger partial charge in [0.2, 0.25) is 5.91 Å². The topological polar surface area (TPSA) is 73.2 Å². The number of carbonyl (C=O) groups is 2. The van der Waals surface area contributed by atoms with E-state index in [4.69, 9.17) is 9.72 Å². The zero-order valence-electron chi connectivity index (χ0n) is 24.1. The number of hydrogen-bond donors (Lipinski definition) is 1.